The van der Waals surface area contributed by atoms with Crippen LogP contribution in [0, 0.1) is 13.8 Å². The number of aryl methyl sites for hydroxylation is 2. The largest absolute Gasteiger partial charge is 0.293 e. The highest BCUT2D eigenvalue weighted by Gasteiger charge is 2.17. The van der Waals surface area contributed by atoms with Gasteiger partial charge in [0.2, 0.25) is 0 Å². The van der Waals surface area contributed by atoms with Crippen LogP contribution in [-0.2, 0) is 6.54 Å². The van der Waals surface area contributed by atoms with Crippen molar-refractivity contribution in [1.82, 2.24) is 24.4 Å². The van der Waals surface area contributed by atoms with Crippen LogP contribution in [0.5, 0.6) is 0 Å². The lowest BCUT2D eigenvalue weighted by Gasteiger charge is -2.13. The zero-order valence-corrected chi connectivity index (χ0v) is 16.2. The number of benzene rings is 1. The van der Waals surface area contributed by atoms with Gasteiger partial charge >= 0.3 is 0 Å². The molecule has 6 nitrogen and oxygen atoms in total. The molecule has 0 aliphatic heterocycles. The molecule has 0 aliphatic carbocycles. The fraction of sp³-hybridized carbons (Fsp3) is 0.250. The van der Waals surface area contributed by atoms with Gasteiger partial charge in [-0.15, -0.1) is 0 Å². The summed E-state index contributed by atoms with van der Waals surface area (Å²) in [6, 6.07) is 11.1. The van der Waals surface area contributed by atoms with Crippen LogP contribution >= 0.6 is 11.6 Å². The van der Waals surface area contributed by atoms with Gasteiger partial charge in [0.15, 0.2) is 5.65 Å². The molecule has 0 fully saturated rings. The number of halogens is 1. The minimum absolute atomic E-state index is 0.0505. The maximum atomic E-state index is 12.7. The molecule has 3 aromatic heterocycles. The summed E-state index contributed by atoms with van der Waals surface area (Å²) in [6.45, 7) is 6.68. The third-order valence-corrected chi connectivity index (χ3v) is 5.08. The number of nitrogens with zero attached hydrogens (tertiary/aromatic N) is 4. The van der Waals surface area contributed by atoms with Crippen LogP contribution in [0.3, 0.4) is 0 Å². The van der Waals surface area contributed by atoms with Gasteiger partial charge in [0, 0.05) is 46.7 Å². The number of fused-ring (bicyclic) bond motifs is 1. The average Bonchev–Trinajstić information content (AvgIpc) is 3.19. The summed E-state index contributed by atoms with van der Waals surface area (Å²) >= 11 is 6.02. The molecule has 4 rings (SSSR count). The Morgan fingerprint density at radius 3 is 2.59 bits per heavy atom. The van der Waals surface area contributed by atoms with E-state index in [1.54, 1.807) is 12.3 Å². The average molecular weight is 382 g/mol. The van der Waals surface area contributed by atoms with Gasteiger partial charge < -0.3 is 0 Å². The molecule has 4 aromatic rings. The van der Waals surface area contributed by atoms with Gasteiger partial charge in [-0.05, 0) is 37.6 Å². The number of rotatable bonds is 4. The summed E-state index contributed by atoms with van der Waals surface area (Å²) in [5.74, 6) is 0.0505. The smallest absolute Gasteiger partial charge is 0.272 e. The molecule has 3 heterocycles. The van der Waals surface area contributed by atoms with E-state index in [1.165, 1.54) is 4.52 Å². The highest BCUT2D eigenvalue weighted by Crippen LogP contribution is 2.28. The first-order valence-electron chi connectivity index (χ1n) is 8.80. The quantitative estimate of drug-likeness (QED) is 0.581. The molecule has 0 spiro atoms. The normalized spacial score (nSPS) is 12.6. The molecule has 0 aliphatic rings. The van der Waals surface area contributed by atoms with Crippen molar-refractivity contribution in [3.8, 4) is 11.1 Å². The van der Waals surface area contributed by atoms with Crippen LogP contribution < -0.4 is 5.56 Å². The standard InChI is InChI=1S/C20H20ClN5O/c1-12(11-25-13(2)8-9-22-25)17-10-18(27)26-20(23-17)19(14(3)24-26)15-4-6-16(21)7-5-15/h4-10,12,24H,11H2,1-3H3/t12-/m0/s1. The molecule has 1 atom stereocenters. The summed E-state index contributed by atoms with van der Waals surface area (Å²) in [5, 5.41) is 8.12. The first-order chi connectivity index (χ1) is 12.9. The maximum Gasteiger partial charge on any atom is 0.272 e. The highest BCUT2D eigenvalue weighted by atomic mass is 35.5. The van der Waals surface area contributed by atoms with Crippen molar-refractivity contribution in [2.24, 2.45) is 0 Å². The second-order valence-corrected chi connectivity index (χ2v) is 7.29. The number of aromatic nitrogens is 5. The molecule has 7 heteroatoms. The fourth-order valence-corrected chi connectivity index (χ4v) is 3.45. The van der Waals surface area contributed by atoms with Crippen LogP contribution in [0.15, 0.2) is 47.4 Å². The van der Waals surface area contributed by atoms with Gasteiger partial charge in [-0.25, -0.2) is 9.50 Å². The van der Waals surface area contributed by atoms with Gasteiger partial charge in [0.1, 0.15) is 0 Å². The van der Waals surface area contributed by atoms with Crippen molar-refractivity contribution >= 4 is 17.2 Å². The Hall–Kier alpha value is -2.86. The Morgan fingerprint density at radius 2 is 1.93 bits per heavy atom. The Labute approximate surface area is 161 Å². The molecule has 0 radical (unpaired) electrons. The number of aromatic amines is 1. The molecular formula is C20H20ClN5O. The van der Waals surface area contributed by atoms with Crippen LogP contribution in [0.4, 0.5) is 0 Å². The van der Waals surface area contributed by atoms with E-state index in [-0.39, 0.29) is 11.5 Å². The van der Waals surface area contributed by atoms with Gasteiger partial charge in [0.25, 0.3) is 5.56 Å². The zero-order chi connectivity index (χ0) is 19.1. The zero-order valence-electron chi connectivity index (χ0n) is 15.4. The first kappa shape index (κ1) is 17.5. The Morgan fingerprint density at radius 1 is 1.19 bits per heavy atom. The van der Waals surface area contributed by atoms with E-state index in [4.69, 9.17) is 16.6 Å². The third kappa shape index (κ3) is 3.17. The van der Waals surface area contributed by atoms with Gasteiger partial charge in [-0.3, -0.25) is 14.6 Å². The van der Waals surface area contributed by atoms with Crippen molar-refractivity contribution < 1.29 is 0 Å². The summed E-state index contributed by atoms with van der Waals surface area (Å²) < 4.78 is 3.42. The lowest BCUT2D eigenvalue weighted by Crippen LogP contribution is -2.18. The second-order valence-electron chi connectivity index (χ2n) is 6.85. The van der Waals surface area contributed by atoms with Crippen LogP contribution in [0.2, 0.25) is 5.02 Å². The fourth-order valence-electron chi connectivity index (χ4n) is 3.32. The van der Waals surface area contributed by atoms with Crippen molar-refractivity contribution in [1.29, 1.82) is 0 Å². The molecule has 1 N–H and O–H groups in total. The molecule has 0 saturated heterocycles. The number of hydrogen-bond acceptors (Lipinski definition) is 3. The minimum Gasteiger partial charge on any atom is -0.293 e. The molecule has 27 heavy (non-hydrogen) atoms. The molecule has 0 bridgehead atoms. The third-order valence-electron chi connectivity index (χ3n) is 4.83. The van der Waals surface area contributed by atoms with Crippen LogP contribution in [0.1, 0.15) is 29.9 Å². The second kappa shape index (κ2) is 6.70. The number of hydrogen-bond donors (Lipinski definition) is 1. The SMILES string of the molecule is Cc1[nH]n2c(=O)cc([C@@H](C)Cn3nccc3C)nc2c1-c1ccc(Cl)cc1. The Balaban J connectivity index is 1.82. The highest BCUT2D eigenvalue weighted by molar-refractivity contribution is 6.30. The predicted octanol–water partition coefficient (Wildman–Crippen LogP) is 3.96. The minimum atomic E-state index is -0.123. The van der Waals surface area contributed by atoms with Crippen molar-refractivity contribution in [3.05, 3.63) is 75.1 Å². The van der Waals surface area contributed by atoms with Crippen molar-refractivity contribution in [3.63, 3.8) is 0 Å². The van der Waals surface area contributed by atoms with E-state index in [2.05, 4.69) is 17.1 Å². The lowest BCUT2D eigenvalue weighted by atomic mass is 10.1. The summed E-state index contributed by atoms with van der Waals surface area (Å²) in [7, 11) is 0. The molecule has 138 valence electrons. The molecule has 0 saturated carbocycles. The summed E-state index contributed by atoms with van der Waals surface area (Å²) in [4.78, 5) is 17.5. The molecule has 0 unspecified atom stereocenters. The summed E-state index contributed by atoms with van der Waals surface area (Å²) in [6.07, 6.45) is 1.78. The van der Waals surface area contributed by atoms with Gasteiger partial charge in [-0.2, -0.15) is 5.10 Å². The van der Waals surface area contributed by atoms with Gasteiger partial charge in [-0.1, -0.05) is 30.7 Å². The Kier molecular flexibility index (Phi) is 4.36. The van der Waals surface area contributed by atoms with E-state index < -0.39 is 0 Å². The topological polar surface area (TPSA) is 68.0 Å². The van der Waals surface area contributed by atoms with E-state index in [0.29, 0.717) is 17.2 Å². The number of H-pyrrole nitrogens is 1. The molecule has 0 amide bonds. The maximum absolute atomic E-state index is 12.7. The van der Waals surface area contributed by atoms with Gasteiger partial charge in [0.05, 0.1) is 5.69 Å². The Bertz CT molecular complexity index is 1170. The van der Waals surface area contributed by atoms with Crippen LogP contribution in [-0.4, -0.2) is 24.4 Å². The van der Waals surface area contributed by atoms with Crippen molar-refractivity contribution in [2.45, 2.75) is 33.2 Å². The lowest BCUT2D eigenvalue weighted by molar-refractivity contribution is 0.523. The predicted molar refractivity (Wildman–Crippen MR) is 106 cm³/mol. The van der Waals surface area contributed by atoms with Crippen molar-refractivity contribution in [2.75, 3.05) is 0 Å². The number of nitrogens with one attached hydrogen (secondary N) is 1. The summed E-state index contributed by atoms with van der Waals surface area (Å²) in [5.41, 5.74) is 5.10. The van der Waals surface area contributed by atoms with E-state index in [9.17, 15) is 4.79 Å². The van der Waals surface area contributed by atoms with E-state index in [1.807, 2.05) is 48.9 Å². The van der Waals surface area contributed by atoms with Crippen LogP contribution in [0.25, 0.3) is 16.8 Å². The molecule has 1 aromatic carbocycles. The van der Waals surface area contributed by atoms with E-state index in [0.717, 1.165) is 28.2 Å². The first-order valence-corrected chi connectivity index (χ1v) is 9.18. The monoisotopic (exact) mass is 381 g/mol. The van der Waals surface area contributed by atoms with E-state index >= 15 is 0 Å². The molecular weight excluding hydrogens is 362 g/mol.